The fraction of sp³-hybridized carbons (Fsp3) is 0. The molecule has 0 aromatic rings. The molecule has 10 heteroatoms. The second-order valence-corrected chi connectivity index (χ2v) is 3.49. The van der Waals surface area contributed by atoms with E-state index in [9.17, 15) is 0 Å². The summed E-state index contributed by atoms with van der Waals surface area (Å²) in [5.41, 5.74) is 0. The second kappa shape index (κ2) is 7.66. The molecule has 0 spiro atoms. The molecular weight excluding hydrogens is 237 g/mol. The predicted molar refractivity (Wildman–Crippen MR) is 2.06 cm³/mol. The predicted octanol–water partition coefficient (Wildman–Crippen LogP) is -14.7. The minimum atomic E-state index is -7.72. The second-order valence-electron chi connectivity index (χ2n) is 0.589. The number of hydrogen-bond acceptors (Lipinski definition) is 5. The molecule has 0 atom stereocenters. The van der Waals surface area contributed by atoms with Gasteiger partial charge in [0.25, 0.3) is 0 Å². The van der Waals surface area contributed by atoms with Gasteiger partial charge >= 0.3 is 89.3 Å². The van der Waals surface area contributed by atoms with Crippen molar-refractivity contribution in [2.45, 2.75) is 0 Å². The molecule has 0 aliphatic heterocycles. The monoisotopic (exact) mass is 238 g/mol. The van der Waals surface area contributed by atoms with Gasteiger partial charge in [-0.25, -0.2) is 0 Å². The van der Waals surface area contributed by atoms with Crippen molar-refractivity contribution >= 4 is 0 Å². The third-order valence-electron chi connectivity index (χ3n) is 0. The van der Waals surface area contributed by atoms with E-state index in [2.05, 4.69) is 0 Å². The molecule has 0 amide bonds. The quantitative estimate of drug-likeness (QED) is 0.390. The van der Waals surface area contributed by atoms with E-state index in [0.29, 0.717) is 0 Å². The number of halogens is 1. The van der Waals surface area contributed by atoms with Crippen molar-refractivity contribution in [2.75, 3.05) is 0 Å². The third kappa shape index (κ3) is 199. The first kappa shape index (κ1) is 29.6. The van der Waals surface area contributed by atoms with Crippen molar-refractivity contribution in [2.24, 2.45) is 0 Å². The zero-order chi connectivity index (χ0) is 5.45. The van der Waals surface area contributed by atoms with Crippen LogP contribution < -0.4 is 76.9 Å². The van der Waals surface area contributed by atoms with Crippen LogP contribution in [0, 0.1) is 0 Å². The van der Waals surface area contributed by atoms with Crippen LogP contribution in [0.3, 0.4) is 0 Å². The third-order valence-corrected chi connectivity index (χ3v) is 0. The molecule has 0 aliphatic rings. The van der Waals surface area contributed by atoms with Gasteiger partial charge < -0.3 is 12.4 Å². The Morgan fingerprint density at radius 3 is 0.800 bits per heavy atom. The van der Waals surface area contributed by atoms with E-state index in [1.165, 1.54) is 0 Å². The van der Waals surface area contributed by atoms with E-state index in [0.717, 1.165) is 0 Å². The average Bonchev–Trinajstić information content (AvgIpc) is 0.650. The number of rotatable bonds is 0. The fourth-order valence-corrected chi connectivity index (χ4v) is 0. The Labute approximate surface area is 101 Å². The summed E-state index contributed by atoms with van der Waals surface area (Å²) in [6, 6.07) is 0. The van der Waals surface area contributed by atoms with Crippen LogP contribution in [-0.2, 0) is 24.9 Å². The topological polar surface area (TPSA) is 97.3 Å². The molecule has 5 nitrogen and oxygen atoms in total. The first-order chi connectivity index (χ1) is 2.24. The molecule has 0 rings (SSSR count). The summed E-state index contributed by atoms with van der Waals surface area (Å²) in [5, 5.41) is 0. The van der Waals surface area contributed by atoms with Crippen LogP contribution in [-0.4, -0.2) is 0 Å². The van der Waals surface area contributed by atoms with Crippen LogP contribution in [0.15, 0.2) is 0 Å². The Morgan fingerprint density at radius 2 is 0.800 bits per heavy atom. The molecule has 0 unspecified atom stereocenters. The van der Waals surface area contributed by atoms with Gasteiger partial charge in [0.1, 0.15) is 0 Å². The maximum absolute atomic E-state index is 8.64. The summed E-state index contributed by atoms with van der Waals surface area (Å²) in [5.74, 6) is 0. The number of hydrogen-bond donors (Lipinski definition) is 0. The average molecular weight is 237 g/mol. The van der Waals surface area contributed by atoms with E-state index in [1.807, 2.05) is 0 Å². The summed E-state index contributed by atoms with van der Waals surface area (Å²) in [7, 11) is 0. The van der Waals surface area contributed by atoms with Crippen molar-refractivity contribution in [1.82, 2.24) is 0 Å². The van der Waals surface area contributed by atoms with E-state index in [1.54, 1.807) is 0 Å². The first-order valence-electron chi connectivity index (χ1n) is 0.722. The van der Waals surface area contributed by atoms with E-state index < -0.39 is 14.2 Å². The zero-order valence-electron chi connectivity index (χ0n) is 5.77. The standard InChI is InChI=1S/ClH.3Li.5O.Ru/h1H;;;;;;;;;/q;3*+1;;;;2*-1;/p-1. The van der Waals surface area contributed by atoms with E-state index in [-0.39, 0.29) is 69.0 Å². The van der Waals surface area contributed by atoms with Crippen molar-refractivity contribution in [3.05, 3.63) is 0 Å². The molecule has 0 heterocycles. The molecule has 0 saturated carbocycles. The Hall–Kier alpha value is 2.03. The van der Waals surface area contributed by atoms with Crippen LogP contribution in [0.4, 0.5) is 0 Å². The summed E-state index contributed by atoms with van der Waals surface area (Å²) < 4.78 is 43.2. The van der Waals surface area contributed by atoms with E-state index in [4.69, 9.17) is 18.6 Å². The van der Waals surface area contributed by atoms with Gasteiger partial charge in [0.15, 0.2) is 0 Å². The van der Waals surface area contributed by atoms with Crippen LogP contribution in [0.25, 0.3) is 0 Å². The molecule has 0 saturated heterocycles. The maximum atomic E-state index is 8.64. The molecule has 0 fully saturated rings. The molecule has 0 aliphatic carbocycles. The van der Waals surface area contributed by atoms with Crippen LogP contribution >= 0.6 is 0 Å². The van der Waals surface area contributed by atoms with Gasteiger partial charge in [0.05, 0.1) is 0 Å². The van der Waals surface area contributed by atoms with Gasteiger partial charge in [0, 0.05) is 0 Å². The van der Waals surface area contributed by atoms with Gasteiger partial charge in [0.2, 0.25) is 0 Å². The molecule has 10 heavy (non-hydrogen) atoms. The Bertz CT molecular complexity index is 195. The molecule has 0 aromatic heterocycles. The van der Waals surface area contributed by atoms with Gasteiger partial charge in [-0.2, -0.15) is 0 Å². The van der Waals surface area contributed by atoms with Gasteiger partial charge in [-0.3, -0.25) is 0 Å². The van der Waals surface area contributed by atoms with Crippen molar-refractivity contribution in [3.8, 4) is 0 Å². The molecular formula is ClLi3O5Ru. The summed E-state index contributed by atoms with van der Waals surface area (Å²) in [6.07, 6.45) is 0. The molecule has 0 bridgehead atoms. The Kier molecular flexibility index (Phi) is 22.7. The van der Waals surface area contributed by atoms with Gasteiger partial charge in [-0.1, -0.05) is 0 Å². The minimum absolute atomic E-state index is 0. The van der Waals surface area contributed by atoms with Crippen molar-refractivity contribution < 1.29 is 102 Å². The Morgan fingerprint density at radius 1 is 0.800 bits per heavy atom. The van der Waals surface area contributed by atoms with Crippen LogP contribution in [0.5, 0.6) is 0 Å². The van der Waals surface area contributed by atoms with Crippen molar-refractivity contribution in [1.29, 1.82) is 0 Å². The van der Waals surface area contributed by atoms with E-state index >= 15 is 0 Å². The summed E-state index contributed by atoms with van der Waals surface area (Å²) in [4.78, 5) is 0. The molecule has 48 valence electrons. The molecule has 0 aromatic carbocycles. The zero-order valence-corrected chi connectivity index (χ0v) is 8.27. The first-order valence-corrected chi connectivity index (χ1v) is 4.27. The summed E-state index contributed by atoms with van der Waals surface area (Å²) in [6.45, 7) is 0. The van der Waals surface area contributed by atoms with Gasteiger partial charge in [-0.15, -0.1) is 0 Å². The SMILES string of the molecule is [Cl-].[Li+].[Li+].[Li+].[O]=[Ru](=[O])(=[O])([O-])[O-]. The molecule has 0 N–H and O–H groups in total. The summed E-state index contributed by atoms with van der Waals surface area (Å²) >= 11 is -7.72. The fourth-order valence-electron chi connectivity index (χ4n) is 0. The Balaban J connectivity index is -0.0000000208. The molecule has 0 radical (unpaired) electrons. The normalized spacial score (nSPS) is 11.2. The van der Waals surface area contributed by atoms with Crippen LogP contribution in [0.1, 0.15) is 0 Å². The van der Waals surface area contributed by atoms with Crippen LogP contribution in [0.2, 0.25) is 0 Å². The van der Waals surface area contributed by atoms with Crippen molar-refractivity contribution in [3.63, 3.8) is 0 Å². The van der Waals surface area contributed by atoms with Gasteiger partial charge in [-0.05, 0) is 0 Å².